The zero-order valence-corrected chi connectivity index (χ0v) is 15.4. The van der Waals surface area contributed by atoms with Gasteiger partial charge < -0.3 is 19.6 Å². The molecule has 0 atom stereocenters. The largest absolute Gasteiger partial charge is 0.459 e. The van der Waals surface area contributed by atoms with E-state index in [-0.39, 0.29) is 29.8 Å². The van der Waals surface area contributed by atoms with Crippen LogP contribution in [0.1, 0.15) is 26.6 Å². The number of rotatable bonds is 6. The van der Waals surface area contributed by atoms with Crippen LogP contribution in [-0.2, 0) is 6.54 Å². The van der Waals surface area contributed by atoms with Crippen molar-refractivity contribution in [3.8, 4) is 10.6 Å². The minimum absolute atomic E-state index is 0.214. The highest BCUT2D eigenvalue weighted by Gasteiger charge is 2.14. The van der Waals surface area contributed by atoms with Crippen LogP contribution in [0.15, 0.2) is 75.2 Å². The Morgan fingerprint density at radius 2 is 1.96 bits per heavy atom. The van der Waals surface area contributed by atoms with Gasteiger partial charge in [0.2, 0.25) is 0 Å². The summed E-state index contributed by atoms with van der Waals surface area (Å²) in [7, 11) is 0. The van der Waals surface area contributed by atoms with Gasteiger partial charge in [-0.3, -0.25) is 9.59 Å². The number of nitrogens with zero attached hydrogens (tertiary/aromatic N) is 1. The van der Waals surface area contributed by atoms with E-state index in [0.717, 1.165) is 10.4 Å². The number of benzene rings is 1. The monoisotopic (exact) mass is 393 g/mol. The molecule has 4 aromatic rings. The van der Waals surface area contributed by atoms with Crippen molar-refractivity contribution in [2.75, 3.05) is 5.32 Å². The Labute approximate surface area is 164 Å². The number of carbonyl (C=O) groups is 2. The maximum atomic E-state index is 12.3. The van der Waals surface area contributed by atoms with Gasteiger partial charge in [-0.1, -0.05) is 23.4 Å². The molecule has 0 saturated heterocycles. The standard InChI is InChI=1S/C20H15N3O4S/c24-19(15-11-17(27-23-15)18-7-3-9-28-18)21-12-13-4-1-5-14(10-13)22-20(25)16-6-2-8-26-16/h1-11H,12H2,(H,21,24)(H,22,25). The van der Waals surface area contributed by atoms with E-state index in [1.807, 2.05) is 23.6 Å². The van der Waals surface area contributed by atoms with Crippen LogP contribution >= 0.6 is 11.3 Å². The quantitative estimate of drug-likeness (QED) is 0.512. The molecule has 0 bridgehead atoms. The van der Waals surface area contributed by atoms with Crippen molar-refractivity contribution in [1.82, 2.24) is 10.5 Å². The average Bonchev–Trinajstić information content (AvgIpc) is 3.48. The highest BCUT2D eigenvalue weighted by Crippen LogP contribution is 2.25. The molecule has 140 valence electrons. The summed E-state index contributed by atoms with van der Waals surface area (Å²) in [6.45, 7) is 0.282. The molecule has 7 nitrogen and oxygen atoms in total. The highest BCUT2D eigenvalue weighted by atomic mass is 32.1. The van der Waals surface area contributed by atoms with Crippen molar-refractivity contribution in [3.05, 3.63) is 83.3 Å². The Kier molecular flexibility index (Phi) is 5.03. The van der Waals surface area contributed by atoms with Crippen LogP contribution in [0.3, 0.4) is 0 Å². The SMILES string of the molecule is O=C(NCc1cccc(NC(=O)c2ccco2)c1)c1cc(-c2cccs2)on1. The van der Waals surface area contributed by atoms with Crippen LogP contribution in [0.2, 0.25) is 0 Å². The van der Waals surface area contributed by atoms with E-state index in [0.29, 0.717) is 11.4 Å². The number of thiophene rings is 1. The number of furan rings is 1. The molecule has 0 aliphatic carbocycles. The van der Waals surface area contributed by atoms with Crippen molar-refractivity contribution >= 4 is 28.8 Å². The minimum atomic E-state index is -0.338. The molecule has 1 aromatic carbocycles. The first-order chi connectivity index (χ1) is 13.7. The number of hydrogen-bond donors (Lipinski definition) is 2. The smallest absolute Gasteiger partial charge is 0.291 e. The van der Waals surface area contributed by atoms with Gasteiger partial charge in [-0.15, -0.1) is 11.3 Å². The van der Waals surface area contributed by atoms with Gasteiger partial charge in [-0.05, 0) is 41.3 Å². The molecule has 3 heterocycles. The van der Waals surface area contributed by atoms with Crippen LogP contribution in [0.25, 0.3) is 10.6 Å². The molecule has 8 heteroatoms. The molecule has 0 saturated carbocycles. The molecule has 0 radical (unpaired) electrons. The first-order valence-electron chi connectivity index (χ1n) is 8.41. The summed E-state index contributed by atoms with van der Waals surface area (Å²) >= 11 is 1.51. The Hall–Kier alpha value is -3.65. The third-order valence-corrected chi connectivity index (χ3v) is 4.77. The summed E-state index contributed by atoms with van der Waals surface area (Å²) in [5.41, 5.74) is 1.65. The summed E-state index contributed by atoms with van der Waals surface area (Å²) in [5.74, 6) is 0.112. The predicted octanol–water partition coefficient (Wildman–Crippen LogP) is 4.18. The van der Waals surface area contributed by atoms with Gasteiger partial charge in [0.15, 0.2) is 17.2 Å². The van der Waals surface area contributed by atoms with Crippen molar-refractivity contribution < 1.29 is 18.5 Å². The normalized spacial score (nSPS) is 10.6. The van der Waals surface area contributed by atoms with Crippen LogP contribution in [0, 0.1) is 0 Å². The van der Waals surface area contributed by atoms with Crippen LogP contribution in [0.4, 0.5) is 5.69 Å². The summed E-state index contributed by atoms with van der Waals surface area (Å²) < 4.78 is 10.3. The van der Waals surface area contributed by atoms with Gasteiger partial charge >= 0.3 is 0 Å². The van der Waals surface area contributed by atoms with Gasteiger partial charge in [-0.2, -0.15) is 0 Å². The zero-order chi connectivity index (χ0) is 19.3. The van der Waals surface area contributed by atoms with E-state index in [1.165, 1.54) is 17.6 Å². The van der Waals surface area contributed by atoms with Gasteiger partial charge in [0, 0.05) is 18.3 Å². The van der Waals surface area contributed by atoms with Crippen molar-refractivity contribution in [2.45, 2.75) is 6.54 Å². The molecule has 0 spiro atoms. The first kappa shape index (κ1) is 17.7. The average molecular weight is 393 g/mol. The Morgan fingerprint density at radius 1 is 1.04 bits per heavy atom. The Balaban J connectivity index is 1.37. The van der Waals surface area contributed by atoms with Gasteiger partial charge in [0.05, 0.1) is 11.1 Å². The lowest BCUT2D eigenvalue weighted by Crippen LogP contribution is -2.23. The Bertz CT molecular complexity index is 1080. The van der Waals surface area contributed by atoms with E-state index in [1.54, 1.807) is 36.4 Å². The fourth-order valence-corrected chi connectivity index (χ4v) is 3.22. The molecule has 4 rings (SSSR count). The van der Waals surface area contributed by atoms with Crippen molar-refractivity contribution in [1.29, 1.82) is 0 Å². The topological polar surface area (TPSA) is 97.4 Å². The van der Waals surface area contributed by atoms with E-state index >= 15 is 0 Å². The lowest BCUT2D eigenvalue weighted by Gasteiger charge is -2.07. The maximum absolute atomic E-state index is 12.3. The molecule has 28 heavy (non-hydrogen) atoms. The first-order valence-corrected chi connectivity index (χ1v) is 9.29. The molecular weight excluding hydrogens is 378 g/mol. The Morgan fingerprint density at radius 3 is 2.75 bits per heavy atom. The van der Waals surface area contributed by atoms with Crippen LogP contribution in [-0.4, -0.2) is 17.0 Å². The van der Waals surface area contributed by atoms with E-state index in [2.05, 4.69) is 15.8 Å². The van der Waals surface area contributed by atoms with Crippen molar-refractivity contribution in [3.63, 3.8) is 0 Å². The maximum Gasteiger partial charge on any atom is 0.291 e. The predicted molar refractivity (Wildman–Crippen MR) is 104 cm³/mol. The second-order valence-corrected chi connectivity index (χ2v) is 6.82. The number of nitrogens with one attached hydrogen (secondary N) is 2. The molecule has 3 aromatic heterocycles. The molecular formula is C20H15N3O4S. The number of carbonyl (C=O) groups excluding carboxylic acids is 2. The summed E-state index contributed by atoms with van der Waals surface area (Å²) in [6.07, 6.45) is 1.44. The lowest BCUT2D eigenvalue weighted by atomic mass is 10.2. The molecule has 2 N–H and O–H groups in total. The number of hydrogen-bond acceptors (Lipinski definition) is 6. The molecule has 0 aliphatic rings. The van der Waals surface area contributed by atoms with Gasteiger partial charge in [-0.25, -0.2) is 0 Å². The van der Waals surface area contributed by atoms with Gasteiger partial charge in [0.1, 0.15) is 0 Å². The van der Waals surface area contributed by atoms with Crippen LogP contribution < -0.4 is 10.6 Å². The molecule has 0 aliphatic heterocycles. The fraction of sp³-hybridized carbons (Fsp3) is 0.0500. The number of aromatic nitrogens is 1. The second kappa shape index (κ2) is 7.93. The lowest BCUT2D eigenvalue weighted by molar-refractivity contribution is 0.0940. The summed E-state index contributed by atoms with van der Waals surface area (Å²) in [4.78, 5) is 25.3. The van der Waals surface area contributed by atoms with Crippen molar-refractivity contribution in [2.24, 2.45) is 0 Å². The minimum Gasteiger partial charge on any atom is -0.459 e. The molecule has 0 fully saturated rings. The van der Waals surface area contributed by atoms with Gasteiger partial charge in [0.25, 0.3) is 11.8 Å². The van der Waals surface area contributed by atoms with E-state index < -0.39 is 0 Å². The fourth-order valence-electron chi connectivity index (χ4n) is 2.55. The van der Waals surface area contributed by atoms with Crippen LogP contribution in [0.5, 0.6) is 0 Å². The second-order valence-electron chi connectivity index (χ2n) is 5.87. The zero-order valence-electron chi connectivity index (χ0n) is 14.5. The van der Waals surface area contributed by atoms with E-state index in [4.69, 9.17) is 8.94 Å². The molecule has 0 unspecified atom stereocenters. The number of anilines is 1. The highest BCUT2D eigenvalue weighted by molar-refractivity contribution is 7.13. The third-order valence-electron chi connectivity index (χ3n) is 3.89. The third kappa shape index (κ3) is 4.02. The molecule has 2 amide bonds. The summed E-state index contributed by atoms with van der Waals surface area (Å²) in [5, 5.41) is 11.3. The summed E-state index contributed by atoms with van der Waals surface area (Å²) in [6, 6.07) is 15.8. The number of amides is 2. The van der Waals surface area contributed by atoms with E-state index in [9.17, 15) is 9.59 Å².